The molecule has 0 aromatic carbocycles. The Morgan fingerprint density at radius 1 is 0.126 bits per heavy atom. The van der Waals surface area contributed by atoms with Crippen LogP contribution in [0.5, 0.6) is 0 Å². The van der Waals surface area contributed by atoms with Crippen LogP contribution >= 0.6 is 0 Å². The molecule has 0 atom stereocenters. The molecule has 11 radical (unpaired) electrons. The molecular formula is H30Cr6Cu15O56Zn10. The van der Waals surface area contributed by atoms with Crippen molar-refractivity contribution in [2.75, 3.05) is 0 Å². The van der Waals surface area contributed by atoms with Crippen molar-refractivity contribution in [2.24, 2.45) is 0 Å². The first-order valence-corrected chi connectivity index (χ1v) is 16.5. The second-order valence-corrected chi connectivity index (χ2v) is 10.1. The standard InChI is InChI=1S/6Cr.15Cu.15H2O.41O.10Zn/h;;;;;;;;;;;;;;;;;;;;;15*1H2;;;;;;;;;;;;;;;;;;;;;;;;;;;;;;;;;;;;;;;;;;;;;;;;;;;/q;;;;;;4*+1;11*+2;;;;;;;;;;;;;;;;;;;;;;;;;;;;17*-2;12*-1;10*+2. The Labute approximate surface area is 789 Å². The molecule has 56 nitrogen and oxygen atoms in total. The fourth-order valence-corrected chi connectivity index (χ4v) is 0. The van der Waals surface area contributed by atoms with Gasteiger partial charge in [-0.25, -0.2) is 0 Å². The molecule has 0 aliphatic heterocycles. The Hall–Kier alpha value is 13.1. The van der Waals surface area contributed by atoms with Crippen molar-refractivity contribution in [2.45, 2.75) is 0 Å². The summed E-state index contributed by atoms with van der Waals surface area (Å²) >= 11 is -34.5. The number of rotatable bonds is 0. The van der Waals surface area contributed by atoms with Crippen molar-refractivity contribution in [3.05, 3.63) is 0 Å². The number of hydrogen-bond donors (Lipinski definition) is 0. The monoisotopic (exact) mass is 2820 g/mol. The van der Waals surface area contributed by atoms with Crippen molar-refractivity contribution >= 4 is 0 Å². The molecule has 0 fully saturated rings. The second-order valence-electron chi connectivity index (χ2n) is 2.45. The predicted molar refractivity (Wildman–Crippen MR) is 74.1 cm³/mol. The Morgan fingerprint density at radius 3 is 0.126 bits per heavy atom. The Bertz CT molecular complexity index is 860. The molecule has 0 spiro atoms. The van der Waals surface area contributed by atoms with Gasteiger partial charge in [0.25, 0.3) is 0 Å². The minimum Gasteiger partial charge on any atom is 2.00 e. The summed E-state index contributed by atoms with van der Waals surface area (Å²) in [6.07, 6.45) is 0. The Balaban J connectivity index is -0.00000000115. The smallest absolute Gasteiger partial charge is 2.00 e. The zero-order chi connectivity index (χ0) is 27.0. The van der Waals surface area contributed by atoms with Crippen molar-refractivity contribution in [3.63, 3.8) is 0 Å². The van der Waals surface area contributed by atoms with Gasteiger partial charge in [0.05, 0.1) is 0 Å². The van der Waals surface area contributed by atoms with Gasteiger partial charge in [0.15, 0.2) is 0 Å². The van der Waals surface area contributed by atoms with Gasteiger partial charge in [-0.15, -0.1) is 0 Å². The van der Waals surface area contributed by atoms with Crippen molar-refractivity contribution in [1.82, 2.24) is 0 Å². The van der Waals surface area contributed by atoms with Crippen LogP contribution in [0.4, 0.5) is 0 Å². The van der Waals surface area contributed by atoms with Crippen LogP contribution in [-0.2, 0) is 671 Å². The molecule has 0 aliphatic rings. The van der Waals surface area contributed by atoms with Crippen LogP contribution in [0.15, 0.2) is 0 Å². The van der Waals surface area contributed by atoms with Gasteiger partial charge in [0, 0.05) is 0 Å². The van der Waals surface area contributed by atoms with Crippen LogP contribution in [-0.4, -0.2) is 82.1 Å². The zero-order valence-electron chi connectivity index (χ0n) is 38.3. The van der Waals surface area contributed by atoms with Gasteiger partial charge in [-0.3, -0.25) is 0 Å². The fourth-order valence-electron chi connectivity index (χ4n) is 0. The van der Waals surface area contributed by atoms with Gasteiger partial charge in [0.2, 0.25) is 0 Å². The maximum Gasteiger partial charge on any atom is 2.00 e. The zero-order valence-corrected chi connectivity index (χ0v) is 89.7. The van der Waals surface area contributed by atoms with E-state index in [1.807, 2.05) is 0 Å². The molecule has 0 bridgehead atoms. The molecule has 0 saturated carbocycles. The summed E-state index contributed by atoms with van der Waals surface area (Å²) in [7, 11) is 0. The summed E-state index contributed by atoms with van der Waals surface area (Å²) in [5.41, 5.74) is 0. The Kier molecular flexibility index (Phi) is 3250. The molecule has 30 N–H and O–H groups in total. The van der Waals surface area contributed by atoms with E-state index in [9.17, 15) is 0 Å². The van der Waals surface area contributed by atoms with E-state index < -0.39 is 81.7 Å². The summed E-state index contributed by atoms with van der Waals surface area (Å²) in [6.45, 7) is 0. The van der Waals surface area contributed by atoms with E-state index in [4.69, 9.17) is 95.5 Å². The third-order valence-corrected chi connectivity index (χ3v) is 0. The largest absolute Gasteiger partial charge is 2.00 e. The summed E-state index contributed by atoms with van der Waals surface area (Å²) in [5.74, 6) is 0. The van der Waals surface area contributed by atoms with Crippen LogP contribution in [0, 0.1) is 0 Å². The average Bonchev–Trinajstić information content (AvgIpc) is 1.94. The molecule has 0 amide bonds. The molecule has 0 aromatic rings. The van der Waals surface area contributed by atoms with Gasteiger partial charge in [0.1, 0.15) is 0 Å². The van der Waals surface area contributed by atoms with E-state index in [0.717, 1.165) is 0 Å². The van der Waals surface area contributed by atoms with Crippen LogP contribution in [0.2, 0.25) is 0 Å². The van der Waals surface area contributed by atoms with E-state index in [1.165, 1.54) is 0 Å². The van der Waals surface area contributed by atoms with E-state index in [0.29, 0.717) is 0 Å². The maximum absolute atomic E-state index is 8.59. The van der Waals surface area contributed by atoms with Gasteiger partial charge in [-0.2, -0.15) is 0 Å². The summed E-state index contributed by atoms with van der Waals surface area (Å²) in [4.78, 5) is 0. The molecule has 0 aromatic heterocycles. The first kappa shape index (κ1) is 715. The summed E-state index contributed by atoms with van der Waals surface area (Å²) < 4.78 is 206. The molecule has 0 unspecified atom stereocenters. The van der Waals surface area contributed by atoms with Crippen LogP contribution < -0.4 is 49.9 Å². The molecule has 87 heavy (non-hydrogen) atoms. The SMILES string of the molecule is O.O.O.O.O.O.O.O.O.O.O.O.O.O.O.[Cu+2].[Cu+2].[Cu+2].[Cu+2].[Cu+2].[Cu+2].[Cu+2].[Cu+2].[Cu+2].[Cu+2].[Cu+2].[Cu+].[Cu+].[Cu+].[Cu+].[O-2].[O-2].[O-2].[O-2].[O-2].[O-2].[O-2].[O-2].[O-2].[O-2].[O-2].[O-2].[O-2].[O-2].[O-2].[O-2].[O-2].[O]=[Cr](=[O])([O-])[O-].[O]=[Cr](=[O])([O-])[O-].[O]=[Cr](=[O])([O-])[O-].[O]=[Cr](=[O])([O-])[O-].[O]=[Cr](=[O])([O-])[O-].[O]=[Cr](=[O])([O-])[O-].[Zn+2].[Zn+2].[Zn+2].[Zn+2].[Zn+2].[Zn+2].[Zn+2].[Zn+2].[Zn+2].[Zn+2]. The summed E-state index contributed by atoms with van der Waals surface area (Å²) in [5, 5.41) is 0. The normalized spacial score (nSPS) is 4.00. The Morgan fingerprint density at radius 2 is 0.126 bits per heavy atom. The third kappa shape index (κ3) is 5470. The minimum absolute atomic E-state index is 0. The topological polar surface area (TPSA) is 1440 Å². The van der Waals surface area contributed by atoms with E-state index in [2.05, 4.69) is 0 Å². The van der Waals surface area contributed by atoms with Gasteiger partial charge >= 0.3 is 628 Å². The molecule has 0 aliphatic carbocycles. The predicted octanol–water partition coefficient (Wildman–Crippen LogP) is -30.2. The fraction of sp³-hybridized carbons (Fsp3) is 0. The maximum atomic E-state index is 8.59. The van der Waals surface area contributed by atoms with Gasteiger partial charge in [-0.1, -0.05) is 0 Å². The van der Waals surface area contributed by atoms with Gasteiger partial charge in [-0.05, 0) is 0 Å². The quantitative estimate of drug-likeness (QED) is 0.203. The van der Waals surface area contributed by atoms with E-state index >= 15 is 0 Å². The first-order valence-electron chi connectivity index (χ1n) is 4.00. The van der Waals surface area contributed by atoms with E-state index in [-0.39, 0.29) is 626 Å². The molecule has 87 heteroatoms. The van der Waals surface area contributed by atoms with Crippen molar-refractivity contribution < 1.29 is 803 Å². The van der Waals surface area contributed by atoms with Crippen LogP contribution in [0.25, 0.3) is 0 Å². The van der Waals surface area contributed by atoms with Crippen LogP contribution in [0.1, 0.15) is 0 Å². The van der Waals surface area contributed by atoms with Crippen molar-refractivity contribution in [3.8, 4) is 0 Å². The second kappa shape index (κ2) is 396. The number of hydrogen-bond acceptors (Lipinski definition) is 24. The minimum atomic E-state index is -5.75. The molecular weight excluding hydrogens is 2820 g/mol. The summed E-state index contributed by atoms with van der Waals surface area (Å²) in [6, 6.07) is 0. The third-order valence-electron chi connectivity index (χ3n) is 0. The van der Waals surface area contributed by atoms with Gasteiger partial charge < -0.3 is 175 Å². The molecule has 0 heterocycles. The molecule has 0 rings (SSSR count). The first-order chi connectivity index (χ1) is 12.0. The molecule has 587 valence electrons. The van der Waals surface area contributed by atoms with E-state index in [1.54, 1.807) is 0 Å². The average molecular weight is 2850 g/mol. The molecule has 0 saturated heterocycles. The van der Waals surface area contributed by atoms with Crippen LogP contribution in [0.3, 0.4) is 0 Å². The van der Waals surface area contributed by atoms with Crippen molar-refractivity contribution in [1.29, 1.82) is 0 Å².